The number of imidazole rings is 1. The maximum atomic E-state index is 14.3. The van der Waals surface area contributed by atoms with Crippen molar-refractivity contribution in [3.05, 3.63) is 142 Å². The molecule has 3 aromatic heterocycles. The Morgan fingerprint density at radius 3 is 2.56 bits per heavy atom. The molecule has 7 rings (SSSR count). The average Bonchev–Trinajstić information content (AvgIpc) is 3.78. The van der Waals surface area contributed by atoms with Gasteiger partial charge in [0.25, 0.3) is 5.78 Å². The Bertz CT molecular complexity index is 2210. The maximum absolute atomic E-state index is 14.3. The molecule has 0 aliphatic carbocycles. The molecular weight excluding hydrogens is 650 g/mol. The van der Waals surface area contributed by atoms with Crippen molar-refractivity contribution in [1.82, 2.24) is 19.6 Å². The number of carbonyl (C=O) groups excluding carboxylic acids is 2. The second-order valence-corrected chi connectivity index (χ2v) is 13.4. The summed E-state index contributed by atoms with van der Waals surface area (Å²) in [5.74, 6) is -1.65. The monoisotopic (exact) mass is 677 g/mol. The molecular formula is C36H28FN5O4S2. The average molecular weight is 678 g/mol. The van der Waals surface area contributed by atoms with Crippen molar-refractivity contribution in [2.75, 3.05) is 4.90 Å². The van der Waals surface area contributed by atoms with E-state index in [0.29, 0.717) is 44.9 Å². The predicted octanol–water partition coefficient (Wildman–Crippen LogP) is 7.44. The molecule has 0 spiro atoms. The zero-order valence-corrected chi connectivity index (χ0v) is 27.5. The second kappa shape index (κ2) is 13.1. The highest BCUT2D eigenvalue weighted by molar-refractivity contribution is 8.00. The van der Waals surface area contributed by atoms with Gasteiger partial charge in [0.05, 0.1) is 17.3 Å². The normalized spacial score (nSPS) is 15.8. The predicted molar refractivity (Wildman–Crippen MR) is 183 cm³/mol. The molecule has 9 nitrogen and oxygen atoms in total. The van der Waals surface area contributed by atoms with E-state index in [1.807, 2.05) is 60.0 Å². The van der Waals surface area contributed by atoms with Crippen LogP contribution in [0, 0.1) is 19.7 Å². The van der Waals surface area contributed by atoms with Crippen LogP contribution in [0.25, 0.3) is 11.4 Å². The Morgan fingerprint density at radius 2 is 1.77 bits per heavy atom. The number of anilines is 1. The first-order chi connectivity index (χ1) is 23.3. The van der Waals surface area contributed by atoms with Gasteiger partial charge in [-0.25, -0.2) is 9.37 Å². The van der Waals surface area contributed by atoms with Gasteiger partial charge >= 0.3 is 5.91 Å². The van der Waals surface area contributed by atoms with Crippen LogP contribution < -0.4 is 9.64 Å². The van der Waals surface area contributed by atoms with Crippen LogP contribution in [0.1, 0.15) is 39.7 Å². The molecule has 240 valence electrons. The first-order valence-electron chi connectivity index (χ1n) is 15.0. The number of rotatable bonds is 9. The highest BCUT2D eigenvalue weighted by Gasteiger charge is 2.49. The largest absolute Gasteiger partial charge is 0.505 e. The summed E-state index contributed by atoms with van der Waals surface area (Å²) in [6.07, 6.45) is 1.83. The maximum Gasteiger partial charge on any atom is 0.301 e. The van der Waals surface area contributed by atoms with Gasteiger partial charge in [-0.15, -0.1) is 10.2 Å². The lowest BCUT2D eigenvalue weighted by atomic mass is 9.96. The number of hydrogen-bond acceptors (Lipinski definition) is 9. The fourth-order valence-corrected chi connectivity index (χ4v) is 7.50. The summed E-state index contributed by atoms with van der Waals surface area (Å²) in [7, 11) is 0. The number of halogens is 1. The fourth-order valence-electron chi connectivity index (χ4n) is 5.65. The van der Waals surface area contributed by atoms with Crippen molar-refractivity contribution in [2.45, 2.75) is 36.6 Å². The molecule has 3 aromatic carbocycles. The molecule has 48 heavy (non-hydrogen) atoms. The Morgan fingerprint density at radius 1 is 0.979 bits per heavy atom. The molecule has 0 saturated carbocycles. The van der Waals surface area contributed by atoms with Gasteiger partial charge in [-0.05, 0) is 60.4 Å². The number of Topliss-reactive ketones (excluding diaryl/α,β-unsaturated/α-hetero) is 1. The van der Waals surface area contributed by atoms with E-state index in [1.165, 1.54) is 22.7 Å². The molecule has 1 amide bonds. The van der Waals surface area contributed by atoms with Crippen LogP contribution in [-0.2, 0) is 21.9 Å². The summed E-state index contributed by atoms with van der Waals surface area (Å²) in [6.45, 7) is 4.01. The van der Waals surface area contributed by atoms with Gasteiger partial charge in [-0.3, -0.25) is 14.5 Å². The quantitative estimate of drug-likeness (QED) is 0.0553. The number of pyridine rings is 1. The van der Waals surface area contributed by atoms with Gasteiger partial charge in [-0.1, -0.05) is 89.8 Å². The van der Waals surface area contributed by atoms with Crippen LogP contribution in [0.3, 0.4) is 0 Å². The number of hydrogen-bond donors (Lipinski definition) is 1. The molecule has 1 fully saturated rings. The number of ketones is 1. The molecule has 1 saturated heterocycles. The lowest BCUT2D eigenvalue weighted by Gasteiger charge is -2.23. The fraction of sp³-hybridized carbons (Fsp3) is 0.139. The highest BCUT2D eigenvalue weighted by Crippen LogP contribution is 2.45. The van der Waals surface area contributed by atoms with Crippen LogP contribution in [0.2, 0.25) is 0 Å². The van der Waals surface area contributed by atoms with E-state index >= 15 is 0 Å². The van der Waals surface area contributed by atoms with E-state index in [9.17, 15) is 19.1 Å². The molecule has 1 aliphatic rings. The minimum absolute atomic E-state index is 0.125. The number of aliphatic hydroxyl groups excluding tert-OH is 1. The molecule has 1 aliphatic heterocycles. The number of carbonyl (C=O) groups is 2. The minimum Gasteiger partial charge on any atom is -0.505 e. The topological polar surface area (TPSA) is 110 Å². The molecule has 1 atom stereocenters. The third-order valence-electron chi connectivity index (χ3n) is 8.09. The summed E-state index contributed by atoms with van der Waals surface area (Å²) in [6, 6.07) is 25.9. The molecule has 0 bridgehead atoms. The molecule has 12 heteroatoms. The van der Waals surface area contributed by atoms with Crippen LogP contribution >= 0.6 is 23.1 Å². The van der Waals surface area contributed by atoms with Crippen LogP contribution in [0.4, 0.5) is 9.52 Å². The number of nitrogens with zero attached hydrogens (tertiary/aromatic N) is 5. The smallest absolute Gasteiger partial charge is 0.301 e. The summed E-state index contributed by atoms with van der Waals surface area (Å²) in [4.78, 5) is 33.6. The summed E-state index contributed by atoms with van der Waals surface area (Å²) in [5.41, 5.74) is 4.19. The number of aryl methyl sites for hydroxylation is 2. The van der Waals surface area contributed by atoms with E-state index in [1.54, 1.807) is 49.4 Å². The zero-order chi connectivity index (χ0) is 33.4. The van der Waals surface area contributed by atoms with Gasteiger partial charge in [0, 0.05) is 11.9 Å². The Hall–Kier alpha value is -5.33. The Kier molecular flexibility index (Phi) is 8.50. The van der Waals surface area contributed by atoms with Gasteiger partial charge in [0.1, 0.15) is 29.5 Å². The Balaban J connectivity index is 1.30. The van der Waals surface area contributed by atoms with E-state index < -0.39 is 23.5 Å². The van der Waals surface area contributed by atoms with Crippen molar-refractivity contribution >= 4 is 51.3 Å². The van der Waals surface area contributed by atoms with Crippen molar-refractivity contribution in [3.8, 4) is 5.75 Å². The number of amides is 1. The van der Waals surface area contributed by atoms with Crippen LogP contribution in [0.15, 0.2) is 107 Å². The van der Waals surface area contributed by atoms with E-state index in [-0.39, 0.29) is 22.2 Å². The van der Waals surface area contributed by atoms with E-state index in [0.717, 1.165) is 22.5 Å². The molecule has 1 N–H and O–H groups in total. The molecule has 0 radical (unpaired) electrons. The SMILES string of the molecule is Cc1cccn2c(C)c(C(O)=C3C(=O)C(=O)N(c4nnc(SCc5ccccc5F)s4)C3c3cccc(OCc4ccccc4)c3)nc12. The van der Waals surface area contributed by atoms with Gasteiger partial charge < -0.3 is 14.2 Å². The molecule has 6 aromatic rings. The molecule has 4 heterocycles. The highest BCUT2D eigenvalue weighted by atomic mass is 32.2. The van der Waals surface area contributed by atoms with Crippen molar-refractivity contribution in [1.29, 1.82) is 0 Å². The number of fused-ring (bicyclic) bond motifs is 1. The summed E-state index contributed by atoms with van der Waals surface area (Å²) in [5, 5.41) is 20.5. The van der Waals surface area contributed by atoms with Crippen molar-refractivity contribution < 1.29 is 23.8 Å². The standard InChI is InChI=1S/C36H28FN5O4S2/c1-21-10-9-17-41-22(2)29(38-33(21)41)31(43)28-30(24-14-8-15-26(18-24)46-19-23-11-4-3-5-12-23)42(34(45)32(28)44)35-39-40-36(48-35)47-20-25-13-6-7-16-27(25)37/h3-18,30,43H,19-20H2,1-2H3. The van der Waals surface area contributed by atoms with Crippen LogP contribution in [0.5, 0.6) is 5.75 Å². The molecule has 1 unspecified atom stereocenters. The first-order valence-corrected chi connectivity index (χ1v) is 16.8. The van der Waals surface area contributed by atoms with Crippen molar-refractivity contribution in [2.24, 2.45) is 0 Å². The van der Waals surface area contributed by atoms with Gasteiger partial charge in [0.2, 0.25) is 5.13 Å². The second-order valence-electron chi connectivity index (χ2n) is 11.2. The first kappa shape index (κ1) is 31.3. The third-order valence-corrected chi connectivity index (χ3v) is 10.2. The summed E-state index contributed by atoms with van der Waals surface area (Å²) >= 11 is 2.38. The van der Waals surface area contributed by atoms with Crippen molar-refractivity contribution in [3.63, 3.8) is 0 Å². The van der Waals surface area contributed by atoms with Crippen LogP contribution in [-0.4, -0.2) is 36.4 Å². The number of thioether (sulfide) groups is 1. The van der Waals surface area contributed by atoms with E-state index in [2.05, 4.69) is 15.2 Å². The number of ether oxygens (including phenoxy) is 1. The number of benzene rings is 3. The van der Waals surface area contributed by atoms with E-state index in [4.69, 9.17) is 4.74 Å². The third kappa shape index (κ3) is 5.84. The lowest BCUT2D eigenvalue weighted by Crippen LogP contribution is -2.29. The Labute approximate surface area is 283 Å². The lowest BCUT2D eigenvalue weighted by molar-refractivity contribution is -0.132. The number of aromatic nitrogens is 4. The summed E-state index contributed by atoms with van der Waals surface area (Å²) < 4.78 is 22.7. The van der Waals surface area contributed by atoms with Gasteiger partial charge in [-0.2, -0.15) is 0 Å². The number of aliphatic hydroxyl groups is 1. The minimum atomic E-state index is -1.06. The zero-order valence-electron chi connectivity index (χ0n) is 25.8. The van der Waals surface area contributed by atoms with Gasteiger partial charge in [0.15, 0.2) is 10.1 Å².